The summed E-state index contributed by atoms with van der Waals surface area (Å²) in [6.45, 7) is 0. The molecule has 0 fully saturated rings. The van der Waals surface area contributed by atoms with E-state index in [2.05, 4.69) is 0 Å². The Morgan fingerprint density at radius 1 is 1.20 bits per heavy atom. The van der Waals surface area contributed by atoms with E-state index >= 15 is 0 Å². The summed E-state index contributed by atoms with van der Waals surface area (Å²) in [6, 6.07) is 9.55. The number of rotatable bonds is 5. The maximum Gasteiger partial charge on any atom is 0.391 e. The van der Waals surface area contributed by atoms with Crippen molar-refractivity contribution in [2.45, 2.75) is 5.78 Å². The monoisotopic (exact) mass is 230 g/mol. The van der Waals surface area contributed by atoms with Crippen LogP contribution in [0, 0.1) is 0 Å². The average Bonchev–Trinajstić information content (AvgIpc) is 2.31. The standard InChI is InChI=1S/C10H16NO3P/c1-11-10(15(12,13-2)14-3)9-7-5-4-6-8-9/h4-8,10-11H,1-3H3/p+1/t10-/m0/s1. The van der Waals surface area contributed by atoms with E-state index in [1.165, 1.54) is 14.2 Å². The molecule has 1 aromatic rings. The van der Waals surface area contributed by atoms with Gasteiger partial charge in [0.05, 0.1) is 7.05 Å². The zero-order valence-electron chi connectivity index (χ0n) is 9.21. The molecular formula is C10H17NO3P+. The molecule has 1 atom stereocenters. The average molecular weight is 230 g/mol. The molecular weight excluding hydrogens is 213 g/mol. The number of nitrogens with two attached hydrogens (primary N) is 1. The van der Waals surface area contributed by atoms with Crippen molar-refractivity contribution in [3.8, 4) is 0 Å². The van der Waals surface area contributed by atoms with E-state index in [0.717, 1.165) is 5.56 Å². The molecule has 0 heterocycles. The van der Waals surface area contributed by atoms with Crippen molar-refractivity contribution in [2.75, 3.05) is 21.3 Å². The summed E-state index contributed by atoms with van der Waals surface area (Å²) >= 11 is 0. The first-order valence-electron chi connectivity index (χ1n) is 4.73. The fraction of sp³-hybridized carbons (Fsp3) is 0.400. The lowest BCUT2D eigenvalue weighted by Crippen LogP contribution is -2.80. The van der Waals surface area contributed by atoms with Gasteiger partial charge in [0.15, 0.2) is 0 Å². The zero-order valence-corrected chi connectivity index (χ0v) is 10.1. The summed E-state index contributed by atoms with van der Waals surface area (Å²) in [7, 11) is 1.59. The van der Waals surface area contributed by atoms with Gasteiger partial charge in [0, 0.05) is 19.8 Å². The summed E-state index contributed by atoms with van der Waals surface area (Å²) in [5.74, 6) is -0.311. The van der Waals surface area contributed by atoms with Crippen molar-refractivity contribution in [2.24, 2.45) is 0 Å². The molecule has 1 aromatic carbocycles. The Morgan fingerprint density at radius 2 is 1.73 bits per heavy atom. The summed E-state index contributed by atoms with van der Waals surface area (Å²) in [4.78, 5) is 0. The highest BCUT2D eigenvalue weighted by Gasteiger charge is 2.37. The van der Waals surface area contributed by atoms with Gasteiger partial charge in [-0.3, -0.25) is 4.57 Å². The maximum absolute atomic E-state index is 12.2. The molecule has 0 spiro atoms. The summed E-state index contributed by atoms with van der Waals surface area (Å²) < 4.78 is 22.2. The molecule has 0 saturated carbocycles. The summed E-state index contributed by atoms with van der Waals surface area (Å²) in [5.41, 5.74) is 0.937. The Kier molecular flexibility index (Phi) is 4.48. The second-order valence-electron chi connectivity index (χ2n) is 3.09. The van der Waals surface area contributed by atoms with Gasteiger partial charge in [-0.1, -0.05) is 30.3 Å². The third-order valence-corrected chi connectivity index (χ3v) is 4.60. The Balaban J connectivity index is 3.04. The molecule has 5 heteroatoms. The van der Waals surface area contributed by atoms with Crippen LogP contribution in [-0.4, -0.2) is 21.3 Å². The molecule has 0 aliphatic rings. The van der Waals surface area contributed by atoms with Crippen molar-refractivity contribution < 1.29 is 18.9 Å². The van der Waals surface area contributed by atoms with Crippen molar-refractivity contribution >= 4 is 7.60 Å². The minimum Gasteiger partial charge on any atom is -0.332 e. The van der Waals surface area contributed by atoms with Gasteiger partial charge in [0.25, 0.3) is 0 Å². The van der Waals surface area contributed by atoms with Crippen LogP contribution in [0.25, 0.3) is 0 Å². The highest BCUT2D eigenvalue weighted by Crippen LogP contribution is 2.56. The number of hydrogen-bond acceptors (Lipinski definition) is 3. The molecule has 0 saturated heterocycles. The normalized spacial score (nSPS) is 13.8. The van der Waals surface area contributed by atoms with E-state index in [1.807, 2.05) is 42.7 Å². The maximum atomic E-state index is 12.2. The van der Waals surface area contributed by atoms with E-state index in [4.69, 9.17) is 9.05 Å². The number of benzene rings is 1. The van der Waals surface area contributed by atoms with Crippen LogP contribution in [0.5, 0.6) is 0 Å². The topological polar surface area (TPSA) is 52.1 Å². The highest BCUT2D eigenvalue weighted by atomic mass is 31.2. The molecule has 0 aromatic heterocycles. The van der Waals surface area contributed by atoms with E-state index in [0.29, 0.717) is 0 Å². The van der Waals surface area contributed by atoms with Crippen LogP contribution < -0.4 is 5.32 Å². The largest absolute Gasteiger partial charge is 0.391 e. The van der Waals surface area contributed by atoms with E-state index < -0.39 is 7.60 Å². The zero-order chi connectivity index (χ0) is 11.3. The number of quaternary nitrogens is 1. The first-order valence-corrected chi connectivity index (χ1v) is 6.34. The number of hydrogen-bond donors (Lipinski definition) is 1. The van der Waals surface area contributed by atoms with E-state index in [9.17, 15) is 4.57 Å². The fourth-order valence-electron chi connectivity index (χ4n) is 1.51. The van der Waals surface area contributed by atoms with Crippen LogP contribution in [0.1, 0.15) is 11.3 Å². The Bertz CT molecular complexity index is 334. The molecule has 0 radical (unpaired) electrons. The first-order chi connectivity index (χ1) is 7.18. The van der Waals surface area contributed by atoms with Crippen LogP contribution in [-0.2, 0) is 13.6 Å². The quantitative estimate of drug-likeness (QED) is 0.777. The Morgan fingerprint density at radius 3 is 2.13 bits per heavy atom. The third kappa shape index (κ3) is 2.67. The lowest BCUT2D eigenvalue weighted by molar-refractivity contribution is -0.651. The van der Waals surface area contributed by atoms with E-state index in [-0.39, 0.29) is 5.78 Å². The van der Waals surface area contributed by atoms with Gasteiger partial charge < -0.3 is 14.4 Å². The molecule has 2 N–H and O–H groups in total. The van der Waals surface area contributed by atoms with Gasteiger partial charge in [0.1, 0.15) is 0 Å². The molecule has 0 amide bonds. The van der Waals surface area contributed by atoms with E-state index in [1.54, 1.807) is 0 Å². The molecule has 4 nitrogen and oxygen atoms in total. The van der Waals surface area contributed by atoms with Crippen molar-refractivity contribution in [1.82, 2.24) is 0 Å². The van der Waals surface area contributed by atoms with Crippen molar-refractivity contribution in [3.05, 3.63) is 35.9 Å². The predicted octanol–water partition coefficient (Wildman–Crippen LogP) is 1.36. The van der Waals surface area contributed by atoms with Crippen molar-refractivity contribution in [3.63, 3.8) is 0 Å². The second-order valence-corrected chi connectivity index (χ2v) is 5.46. The molecule has 15 heavy (non-hydrogen) atoms. The molecule has 0 bridgehead atoms. The van der Waals surface area contributed by atoms with Crippen LogP contribution in [0.3, 0.4) is 0 Å². The van der Waals surface area contributed by atoms with Crippen LogP contribution >= 0.6 is 7.60 Å². The smallest absolute Gasteiger partial charge is 0.332 e. The molecule has 0 unspecified atom stereocenters. The second kappa shape index (κ2) is 5.42. The predicted molar refractivity (Wildman–Crippen MR) is 58.7 cm³/mol. The van der Waals surface area contributed by atoms with Gasteiger partial charge in [-0.2, -0.15) is 0 Å². The fourth-order valence-corrected chi connectivity index (χ4v) is 3.02. The lowest BCUT2D eigenvalue weighted by Gasteiger charge is -2.21. The lowest BCUT2D eigenvalue weighted by atomic mass is 10.2. The summed E-state index contributed by atoms with van der Waals surface area (Å²) in [5, 5.41) is 1.84. The Hall–Kier alpha value is -0.670. The third-order valence-electron chi connectivity index (χ3n) is 2.31. The minimum atomic E-state index is -3.07. The SMILES string of the molecule is C[NH2+][C@H](c1ccccc1)P(=O)(OC)OC. The van der Waals surface area contributed by atoms with Gasteiger partial charge in [-0.25, -0.2) is 0 Å². The van der Waals surface area contributed by atoms with Crippen LogP contribution in [0.4, 0.5) is 0 Å². The van der Waals surface area contributed by atoms with Gasteiger partial charge in [0.2, 0.25) is 5.78 Å². The first kappa shape index (κ1) is 12.4. The highest BCUT2D eigenvalue weighted by molar-refractivity contribution is 7.53. The van der Waals surface area contributed by atoms with Gasteiger partial charge >= 0.3 is 7.60 Å². The molecule has 0 aliphatic carbocycles. The van der Waals surface area contributed by atoms with Gasteiger partial charge in [-0.15, -0.1) is 0 Å². The minimum absolute atomic E-state index is 0.311. The Labute approximate surface area is 90.1 Å². The molecule has 0 aliphatic heterocycles. The molecule has 1 rings (SSSR count). The van der Waals surface area contributed by atoms with Crippen LogP contribution in [0.15, 0.2) is 30.3 Å². The van der Waals surface area contributed by atoms with Gasteiger partial charge in [-0.05, 0) is 0 Å². The van der Waals surface area contributed by atoms with Crippen molar-refractivity contribution in [1.29, 1.82) is 0 Å². The molecule has 84 valence electrons. The summed E-state index contributed by atoms with van der Waals surface area (Å²) in [6.07, 6.45) is 0. The van der Waals surface area contributed by atoms with Crippen LogP contribution in [0.2, 0.25) is 0 Å².